The second-order valence-electron chi connectivity index (χ2n) is 4.86. The molecule has 17 heavy (non-hydrogen) atoms. The monoisotopic (exact) mass is 251 g/mol. The Morgan fingerprint density at radius 3 is 2.47 bits per heavy atom. The van der Waals surface area contributed by atoms with Crippen molar-refractivity contribution in [1.82, 2.24) is 0 Å². The molecular weight excluding hydrogens is 234 g/mol. The molecule has 1 aromatic carbocycles. The van der Waals surface area contributed by atoms with Crippen molar-refractivity contribution < 1.29 is 4.79 Å². The number of hydrogen-bond acceptors (Lipinski definition) is 2. The van der Waals surface area contributed by atoms with Crippen LogP contribution in [0.1, 0.15) is 42.5 Å². The van der Waals surface area contributed by atoms with Crippen LogP contribution in [0, 0.1) is 5.92 Å². The van der Waals surface area contributed by atoms with Gasteiger partial charge in [0.05, 0.1) is 6.04 Å². The number of carbonyl (C=O) groups excluding carboxylic acids is 1. The van der Waals surface area contributed by atoms with Crippen molar-refractivity contribution >= 4 is 17.4 Å². The summed E-state index contributed by atoms with van der Waals surface area (Å²) in [5.74, 6) is 0.676. The molecule has 1 atom stereocenters. The third-order valence-corrected chi connectivity index (χ3v) is 3.78. The number of nitrogens with two attached hydrogens (primary N) is 1. The lowest BCUT2D eigenvalue weighted by Crippen LogP contribution is -2.32. The van der Waals surface area contributed by atoms with Crippen LogP contribution in [0.2, 0.25) is 5.02 Å². The first-order chi connectivity index (χ1) is 8.16. The minimum absolute atomic E-state index is 0.0357. The normalized spacial score (nSPS) is 18.2. The Kier molecular flexibility index (Phi) is 4.19. The van der Waals surface area contributed by atoms with Crippen molar-refractivity contribution in [1.29, 1.82) is 0 Å². The number of halogens is 1. The predicted molar refractivity (Wildman–Crippen MR) is 70.3 cm³/mol. The molecule has 1 aliphatic rings. The Labute approximate surface area is 107 Å². The number of Topliss-reactive ketones (excluding diaryl/α,β-unsaturated/α-hetero) is 1. The maximum absolute atomic E-state index is 12.1. The van der Waals surface area contributed by atoms with E-state index in [0.29, 0.717) is 16.5 Å². The Balaban J connectivity index is 1.96. The van der Waals surface area contributed by atoms with Crippen molar-refractivity contribution in [3.05, 3.63) is 34.9 Å². The van der Waals surface area contributed by atoms with Gasteiger partial charge in [-0.3, -0.25) is 4.79 Å². The van der Waals surface area contributed by atoms with Crippen molar-refractivity contribution in [3.8, 4) is 0 Å². The summed E-state index contributed by atoms with van der Waals surface area (Å²) in [6.45, 7) is 0. The van der Waals surface area contributed by atoms with E-state index in [2.05, 4.69) is 0 Å². The van der Waals surface area contributed by atoms with Gasteiger partial charge < -0.3 is 5.73 Å². The number of hydrogen-bond donors (Lipinski definition) is 1. The highest BCUT2D eigenvalue weighted by atomic mass is 35.5. The topological polar surface area (TPSA) is 43.1 Å². The minimum Gasteiger partial charge on any atom is -0.321 e. The van der Waals surface area contributed by atoms with Crippen molar-refractivity contribution in [3.63, 3.8) is 0 Å². The summed E-state index contributed by atoms with van der Waals surface area (Å²) >= 11 is 5.79. The maximum atomic E-state index is 12.1. The molecule has 1 unspecified atom stereocenters. The standard InChI is InChI=1S/C14H18ClNO/c15-12-7-5-11(6-8-12)14(17)13(16)9-10-3-1-2-4-10/h5-8,10,13H,1-4,9,16H2. The van der Waals surface area contributed by atoms with E-state index >= 15 is 0 Å². The lowest BCUT2D eigenvalue weighted by molar-refractivity contribution is 0.0949. The van der Waals surface area contributed by atoms with E-state index < -0.39 is 0 Å². The summed E-state index contributed by atoms with van der Waals surface area (Å²) in [6, 6.07) is 6.60. The Bertz CT molecular complexity index is 382. The zero-order valence-corrected chi connectivity index (χ0v) is 10.6. The second-order valence-corrected chi connectivity index (χ2v) is 5.30. The van der Waals surface area contributed by atoms with Crippen LogP contribution < -0.4 is 5.73 Å². The first-order valence-electron chi connectivity index (χ1n) is 6.22. The van der Waals surface area contributed by atoms with Gasteiger partial charge in [0.2, 0.25) is 0 Å². The van der Waals surface area contributed by atoms with Crippen LogP contribution in [-0.4, -0.2) is 11.8 Å². The van der Waals surface area contributed by atoms with E-state index in [0.717, 1.165) is 6.42 Å². The average molecular weight is 252 g/mol. The highest BCUT2D eigenvalue weighted by Gasteiger charge is 2.22. The van der Waals surface area contributed by atoms with Crippen LogP contribution in [-0.2, 0) is 0 Å². The van der Waals surface area contributed by atoms with Gasteiger partial charge in [-0.25, -0.2) is 0 Å². The highest BCUT2D eigenvalue weighted by Crippen LogP contribution is 2.28. The van der Waals surface area contributed by atoms with Gasteiger partial charge in [-0.1, -0.05) is 37.3 Å². The summed E-state index contributed by atoms with van der Waals surface area (Å²) in [6.07, 6.45) is 5.84. The summed E-state index contributed by atoms with van der Waals surface area (Å²) in [7, 11) is 0. The molecule has 0 aliphatic heterocycles. The Morgan fingerprint density at radius 2 is 1.88 bits per heavy atom. The van der Waals surface area contributed by atoms with Crippen LogP contribution >= 0.6 is 11.6 Å². The molecule has 2 nitrogen and oxygen atoms in total. The summed E-state index contributed by atoms with van der Waals surface area (Å²) in [5, 5.41) is 0.644. The zero-order valence-electron chi connectivity index (χ0n) is 9.86. The molecule has 0 bridgehead atoms. The SMILES string of the molecule is NC(CC1CCCC1)C(=O)c1ccc(Cl)cc1. The molecule has 0 spiro atoms. The van der Waals surface area contributed by atoms with Gasteiger partial charge in [0, 0.05) is 10.6 Å². The smallest absolute Gasteiger partial charge is 0.179 e. The molecule has 1 fully saturated rings. The molecule has 2 N–H and O–H groups in total. The van der Waals surface area contributed by atoms with Crippen LogP contribution in [0.5, 0.6) is 0 Å². The van der Waals surface area contributed by atoms with E-state index in [9.17, 15) is 4.79 Å². The fourth-order valence-electron chi connectivity index (χ4n) is 2.54. The molecule has 3 heteroatoms. The summed E-state index contributed by atoms with van der Waals surface area (Å²) in [5.41, 5.74) is 6.65. The molecule has 0 amide bonds. The molecule has 1 aliphatic carbocycles. The lowest BCUT2D eigenvalue weighted by Gasteiger charge is -2.15. The number of benzene rings is 1. The van der Waals surface area contributed by atoms with E-state index in [-0.39, 0.29) is 11.8 Å². The van der Waals surface area contributed by atoms with Crippen molar-refractivity contribution in [2.24, 2.45) is 11.7 Å². The largest absolute Gasteiger partial charge is 0.321 e. The average Bonchev–Trinajstić information content (AvgIpc) is 2.82. The van der Waals surface area contributed by atoms with Gasteiger partial charge in [0.1, 0.15) is 0 Å². The Morgan fingerprint density at radius 1 is 1.29 bits per heavy atom. The number of ketones is 1. The maximum Gasteiger partial charge on any atom is 0.179 e. The second kappa shape index (κ2) is 5.65. The lowest BCUT2D eigenvalue weighted by atomic mass is 9.94. The van der Waals surface area contributed by atoms with Crippen molar-refractivity contribution in [2.45, 2.75) is 38.1 Å². The van der Waals surface area contributed by atoms with E-state index in [1.807, 2.05) is 0 Å². The molecule has 2 rings (SSSR count). The Hall–Kier alpha value is -0.860. The third kappa shape index (κ3) is 3.30. The van der Waals surface area contributed by atoms with Gasteiger partial charge >= 0.3 is 0 Å². The molecule has 0 radical (unpaired) electrons. The van der Waals surface area contributed by atoms with E-state index in [1.165, 1.54) is 25.7 Å². The molecule has 0 saturated heterocycles. The van der Waals surface area contributed by atoms with Gasteiger partial charge in [-0.2, -0.15) is 0 Å². The minimum atomic E-state index is -0.362. The number of rotatable bonds is 4. The molecule has 92 valence electrons. The molecule has 1 saturated carbocycles. The van der Waals surface area contributed by atoms with E-state index in [1.54, 1.807) is 24.3 Å². The van der Waals surface area contributed by atoms with Crippen molar-refractivity contribution in [2.75, 3.05) is 0 Å². The van der Waals surface area contributed by atoms with Crippen LogP contribution in [0.4, 0.5) is 0 Å². The molecular formula is C14H18ClNO. The van der Waals surface area contributed by atoms with Crippen LogP contribution in [0.3, 0.4) is 0 Å². The third-order valence-electron chi connectivity index (χ3n) is 3.53. The first-order valence-corrected chi connectivity index (χ1v) is 6.60. The van der Waals surface area contributed by atoms with Gasteiger partial charge in [0.25, 0.3) is 0 Å². The van der Waals surface area contributed by atoms with Crippen LogP contribution in [0.25, 0.3) is 0 Å². The van der Waals surface area contributed by atoms with Crippen LogP contribution in [0.15, 0.2) is 24.3 Å². The molecule has 0 heterocycles. The zero-order chi connectivity index (χ0) is 12.3. The fourth-order valence-corrected chi connectivity index (χ4v) is 2.67. The quantitative estimate of drug-likeness (QED) is 0.834. The summed E-state index contributed by atoms with van der Waals surface area (Å²) in [4.78, 5) is 12.1. The predicted octanol–water partition coefficient (Wildman–Crippen LogP) is 3.43. The summed E-state index contributed by atoms with van der Waals surface area (Å²) < 4.78 is 0. The number of carbonyl (C=O) groups is 1. The first kappa shape index (κ1) is 12.6. The van der Waals surface area contributed by atoms with E-state index in [4.69, 9.17) is 17.3 Å². The van der Waals surface area contributed by atoms with Gasteiger partial charge in [-0.05, 0) is 36.6 Å². The molecule has 1 aromatic rings. The fraction of sp³-hybridized carbons (Fsp3) is 0.500. The highest BCUT2D eigenvalue weighted by molar-refractivity contribution is 6.30. The van der Waals surface area contributed by atoms with Gasteiger partial charge in [0.15, 0.2) is 5.78 Å². The molecule has 0 aromatic heterocycles. The van der Waals surface area contributed by atoms with Gasteiger partial charge in [-0.15, -0.1) is 0 Å².